The van der Waals surface area contributed by atoms with Gasteiger partial charge in [0.25, 0.3) is 0 Å². The SMILES string of the molecule is O=C(C1CCN(c2ncnc3cnccc23)C1)N1CCc2ccccc21. The number of pyridine rings is 1. The molecule has 0 bridgehead atoms. The number of nitrogens with zero attached hydrogens (tertiary/aromatic N) is 5. The first-order chi connectivity index (χ1) is 12.8. The van der Waals surface area contributed by atoms with Gasteiger partial charge in [0.1, 0.15) is 12.1 Å². The van der Waals surface area contributed by atoms with Gasteiger partial charge in [0, 0.05) is 36.9 Å². The van der Waals surface area contributed by atoms with Gasteiger partial charge in [-0.2, -0.15) is 0 Å². The summed E-state index contributed by atoms with van der Waals surface area (Å²) in [7, 11) is 0. The first kappa shape index (κ1) is 15.3. The number of anilines is 2. The smallest absolute Gasteiger partial charge is 0.231 e. The van der Waals surface area contributed by atoms with Crippen LogP contribution >= 0.6 is 0 Å². The average Bonchev–Trinajstić information content (AvgIpc) is 3.34. The molecule has 2 aliphatic heterocycles. The molecule has 1 amide bonds. The summed E-state index contributed by atoms with van der Waals surface area (Å²) in [5.41, 5.74) is 3.18. The second kappa shape index (κ2) is 6.05. The Balaban J connectivity index is 1.38. The van der Waals surface area contributed by atoms with Gasteiger partial charge in [-0.3, -0.25) is 9.78 Å². The minimum Gasteiger partial charge on any atom is -0.355 e. The third-order valence-electron chi connectivity index (χ3n) is 5.41. The van der Waals surface area contributed by atoms with Crippen molar-refractivity contribution in [3.63, 3.8) is 0 Å². The third kappa shape index (κ3) is 2.41. The number of hydrogen-bond acceptors (Lipinski definition) is 5. The third-order valence-corrected chi connectivity index (χ3v) is 5.41. The van der Waals surface area contributed by atoms with Crippen molar-refractivity contribution in [2.24, 2.45) is 5.92 Å². The molecular weight excluding hydrogens is 326 g/mol. The highest BCUT2D eigenvalue weighted by atomic mass is 16.2. The molecule has 6 nitrogen and oxygen atoms in total. The lowest BCUT2D eigenvalue weighted by Crippen LogP contribution is -2.36. The maximum absolute atomic E-state index is 13.1. The van der Waals surface area contributed by atoms with E-state index in [2.05, 4.69) is 32.0 Å². The summed E-state index contributed by atoms with van der Waals surface area (Å²) in [6.45, 7) is 2.32. The van der Waals surface area contributed by atoms with Crippen LogP contribution in [0.4, 0.5) is 11.5 Å². The Morgan fingerprint density at radius 3 is 3.00 bits per heavy atom. The highest BCUT2D eigenvalue weighted by molar-refractivity contribution is 5.98. The Labute approximate surface area is 151 Å². The van der Waals surface area contributed by atoms with Crippen molar-refractivity contribution in [3.8, 4) is 0 Å². The van der Waals surface area contributed by atoms with Crippen molar-refractivity contribution in [3.05, 3.63) is 54.6 Å². The minimum atomic E-state index is 0.00742. The molecule has 4 heterocycles. The number of aromatic nitrogens is 3. The fourth-order valence-electron chi connectivity index (χ4n) is 4.09. The molecule has 26 heavy (non-hydrogen) atoms. The van der Waals surface area contributed by atoms with Gasteiger partial charge in [-0.25, -0.2) is 9.97 Å². The number of carbonyl (C=O) groups is 1. The van der Waals surface area contributed by atoms with E-state index in [0.29, 0.717) is 6.54 Å². The predicted molar refractivity (Wildman–Crippen MR) is 100 cm³/mol. The number of rotatable bonds is 2. The van der Waals surface area contributed by atoms with E-state index in [1.165, 1.54) is 5.56 Å². The van der Waals surface area contributed by atoms with E-state index in [4.69, 9.17) is 0 Å². The molecule has 1 fully saturated rings. The molecule has 0 spiro atoms. The zero-order valence-corrected chi connectivity index (χ0v) is 14.4. The molecule has 0 radical (unpaired) electrons. The van der Waals surface area contributed by atoms with Gasteiger partial charge in [-0.05, 0) is 30.5 Å². The van der Waals surface area contributed by atoms with E-state index in [0.717, 1.165) is 48.3 Å². The number of carbonyl (C=O) groups excluding carboxylic acids is 1. The monoisotopic (exact) mass is 345 g/mol. The van der Waals surface area contributed by atoms with E-state index in [9.17, 15) is 4.79 Å². The lowest BCUT2D eigenvalue weighted by atomic mass is 10.1. The van der Waals surface area contributed by atoms with Crippen LogP contribution < -0.4 is 9.80 Å². The topological polar surface area (TPSA) is 62.2 Å². The second-order valence-electron chi connectivity index (χ2n) is 6.89. The quantitative estimate of drug-likeness (QED) is 0.714. The van der Waals surface area contributed by atoms with Gasteiger partial charge >= 0.3 is 0 Å². The van der Waals surface area contributed by atoms with Crippen molar-refractivity contribution in [2.75, 3.05) is 29.4 Å². The highest BCUT2D eigenvalue weighted by Gasteiger charge is 2.35. The number of amides is 1. The first-order valence-corrected chi connectivity index (χ1v) is 9.00. The van der Waals surface area contributed by atoms with Crippen LogP contribution in [0.2, 0.25) is 0 Å². The van der Waals surface area contributed by atoms with Crippen LogP contribution in [0.3, 0.4) is 0 Å². The van der Waals surface area contributed by atoms with Gasteiger partial charge in [0.15, 0.2) is 0 Å². The van der Waals surface area contributed by atoms with E-state index in [1.807, 2.05) is 23.1 Å². The van der Waals surface area contributed by atoms with Crippen LogP contribution in [0.15, 0.2) is 49.1 Å². The predicted octanol–water partition coefficient (Wildman–Crippen LogP) is 2.44. The van der Waals surface area contributed by atoms with Crippen molar-refractivity contribution in [2.45, 2.75) is 12.8 Å². The Kier molecular flexibility index (Phi) is 3.55. The van der Waals surface area contributed by atoms with Gasteiger partial charge in [0.2, 0.25) is 5.91 Å². The molecule has 5 rings (SSSR count). The van der Waals surface area contributed by atoms with Crippen molar-refractivity contribution in [1.82, 2.24) is 15.0 Å². The Morgan fingerprint density at radius 2 is 2.04 bits per heavy atom. The molecule has 1 saturated heterocycles. The molecule has 130 valence electrons. The summed E-state index contributed by atoms with van der Waals surface area (Å²) >= 11 is 0. The van der Waals surface area contributed by atoms with Gasteiger partial charge in [-0.1, -0.05) is 18.2 Å². The summed E-state index contributed by atoms with van der Waals surface area (Å²) in [4.78, 5) is 30.2. The Bertz CT molecular complexity index is 983. The molecule has 6 heteroatoms. The van der Waals surface area contributed by atoms with Crippen molar-refractivity contribution >= 4 is 28.3 Å². The molecule has 0 aliphatic carbocycles. The fourth-order valence-corrected chi connectivity index (χ4v) is 4.09. The normalized spacial score (nSPS) is 19.2. The molecular formula is C20H19N5O. The molecule has 2 aromatic heterocycles. The van der Waals surface area contributed by atoms with Crippen LogP contribution in [0.25, 0.3) is 10.9 Å². The highest BCUT2D eigenvalue weighted by Crippen LogP contribution is 2.32. The fraction of sp³-hybridized carbons (Fsp3) is 0.300. The zero-order chi connectivity index (χ0) is 17.5. The standard InChI is InChI=1S/C20H19N5O/c26-20(25-10-7-14-3-1-2-4-18(14)25)15-6-9-24(12-15)19-16-5-8-21-11-17(16)22-13-23-19/h1-5,8,11,13,15H,6-7,9-10,12H2. The summed E-state index contributed by atoms with van der Waals surface area (Å²) in [6.07, 6.45) is 6.89. The molecule has 1 unspecified atom stereocenters. The lowest BCUT2D eigenvalue weighted by Gasteiger charge is -2.22. The van der Waals surface area contributed by atoms with Gasteiger partial charge in [0.05, 0.1) is 17.6 Å². The lowest BCUT2D eigenvalue weighted by molar-refractivity contribution is -0.121. The number of para-hydroxylation sites is 1. The van der Waals surface area contributed by atoms with Crippen LogP contribution in [-0.4, -0.2) is 40.5 Å². The van der Waals surface area contributed by atoms with E-state index in [1.54, 1.807) is 18.7 Å². The van der Waals surface area contributed by atoms with Crippen LogP contribution in [0.1, 0.15) is 12.0 Å². The molecule has 0 N–H and O–H groups in total. The Morgan fingerprint density at radius 1 is 1.12 bits per heavy atom. The molecule has 3 aromatic rings. The number of hydrogen-bond donors (Lipinski definition) is 0. The summed E-state index contributed by atoms with van der Waals surface area (Å²) < 4.78 is 0. The number of fused-ring (bicyclic) bond motifs is 2. The Hall–Kier alpha value is -3.02. The minimum absolute atomic E-state index is 0.00742. The van der Waals surface area contributed by atoms with Crippen LogP contribution in [0.5, 0.6) is 0 Å². The van der Waals surface area contributed by atoms with E-state index in [-0.39, 0.29) is 11.8 Å². The summed E-state index contributed by atoms with van der Waals surface area (Å²) in [5, 5.41) is 0.988. The molecule has 1 atom stereocenters. The average molecular weight is 345 g/mol. The zero-order valence-electron chi connectivity index (χ0n) is 14.4. The van der Waals surface area contributed by atoms with E-state index >= 15 is 0 Å². The molecule has 2 aliphatic rings. The van der Waals surface area contributed by atoms with Crippen LogP contribution in [0, 0.1) is 5.92 Å². The molecule has 0 saturated carbocycles. The van der Waals surface area contributed by atoms with Crippen LogP contribution in [-0.2, 0) is 11.2 Å². The summed E-state index contributed by atoms with van der Waals surface area (Å²) in [5.74, 6) is 1.14. The van der Waals surface area contributed by atoms with Crippen molar-refractivity contribution < 1.29 is 4.79 Å². The maximum atomic E-state index is 13.1. The van der Waals surface area contributed by atoms with E-state index < -0.39 is 0 Å². The van der Waals surface area contributed by atoms with Gasteiger partial charge < -0.3 is 9.80 Å². The number of benzene rings is 1. The van der Waals surface area contributed by atoms with Gasteiger partial charge in [-0.15, -0.1) is 0 Å². The first-order valence-electron chi connectivity index (χ1n) is 9.00. The van der Waals surface area contributed by atoms with Crippen molar-refractivity contribution in [1.29, 1.82) is 0 Å². The largest absolute Gasteiger partial charge is 0.355 e. The summed E-state index contributed by atoms with van der Waals surface area (Å²) in [6, 6.07) is 10.2. The maximum Gasteiger partial charge on any atom is 0.231 e. The second-order valence-corrected chi connectivity index (χ2v) is 6.89. The molecule has 1 aromatic carbocycles.